The topological polar surface area (TPSA) is 83.8 Å². The fraction of sp³-hybridized carbons (Fsp3) is 0.364. The Balaban J connectivity index is 1.87. The second-order valence-electron chi connectivity index (χ2n) is 8.31. The Morgan fingerprint density at radius 3 is 2.61 bits per heavy atom. The van der Waals surface area contributed by atoms with Gasteiger partial charge in [-0.05, 0) is 65.6 Å². The third-order valence-corrected chi connectivity index (χ3v) is 6.76. The van der Waals surface area contributed by atoms with Crippen molar-refractivity contribution in [2.75, 3.05) is 0 Å². The van der Waals surface area contributed by atoms with Crippen LogP contribution < -0.4 is 4.74 Å². The highest BCUT2D eigenvalue weighted by molar-refractivity contribution is 7.86. The lowest BCUT2D eigenvalue weighted by Crippen LogP contribution is -2.39. The molecule has 28 heavy (non-hydrogen) atoms. The molecule has 0 fully saturated rings. The van der Waals surface area contributed by atoms with Crippen molar-refractivity contribution in [1.82, 2.24) is 0 Å². The first-order chi connectivity index (χ1) is 13.1. The van der Waals surface area contributed by atoms with E-state index in [0.717, 1.165) is 35.3 Å². The molecule has 2 N–H and O–H groups in total. The van der Waals surface area contributed by atoms with E-state index in [4.69, 9.17) is 4.74 Å². The first kappa shape index (κ1) is 19.0. The van der Waals surface area contributed by atoms with Gasteiger partial charge in [0.05, 0.1) is 0 Å². The van der Waals surface area contributed by atoms with Crippen molar-refractivity contribution in [2.24, 2.45) is 5.41 Å². The summed E-state index contributed by atoms with van der Waals surface area (Å²) in [5.41, 5.74) is 3.41. The average Bonchev–Trinajstić information content (AvgIpc) is 2.60. The van der Waals surface area contributed by atoms with E-state index in [9.17, 15) is 18.1 Å². The summed E-state index contributed by atoms with van der Waals surface area (Å²) in [6, 6.07) is 10.8. The summed E-state index contributed by atoms with van der Waals surface area (Å²) in [5, 5.41) is 10.2. The highest BCUT2D eigenvalue weighted by atomic mass is 32.2. The molecule has 148 valence electrons. The molecule has 2 aromatic rings. The fourth-order valence-electron chi connectivity index (χ4n) is 4.78. The molecule has 0 saturated heterocycles. The van der Waals surface area contributed by atoms with Gasteiger partial charge in [0.15, 0.2) is 0 Å². The Hall–Kier alpha value is -2.31. The number of allylic oxidation sites excluding steroid dienone is 2. The molecule has 2 aromatic carbocycles. The lowest BCUT2D eigenvalue weighted by atomic mass is 9.65. The Bertz CT molecular complexity index is 1080. The summed E-state index contributed by atoms with van der Waals surface area (Å²) in [5.74, 6) is 0.291. The van der Waals surface area contributed by atoms with Crippen LogP contribution in [0.1, 0.15) is 49.8 Å². The molecule has 0 aromatic heterocycles. The van der Waals surface area contributed by atoms with Crippen LogP contribution in [0.4, 0.5) is 0 Å². The largest absolute Gasteiger partial charge is 0.506 e. The summed E-state index contributed by atoms with van der Waals surface area (Å²) in [6.07, 6.45) is 3.69. The standard InChI is InChI=1S/C22H24O5S/c1-13-12-22(2,3)21(19-9-8-14-6-4-5-7-18(14)27-19)16-11-20(28(24,25)26)17(23)10-15(13)16/h4-7,10-12,19,21,23H,8-9H2,1-3H3,(H,24,25,26). The first-order valence-electron chi connectivity index (χ1n) is 9.37. The smallest absolute Gasteiger partial charge is 0.298 e. The van der Waals surface area contributed by atoms with Gasteiger partial charge >= 0.3 is 0 Å². The van der Waals surface area contributed by atoms with Crippen molar-refractivity contribution in [3.63, 3.8) is 0 Å². The third kappa shape index (κ3) is 3.10. The lowest BCUT2D eigenvalue weighted by Gasteiger charge is -2.44. The highest BCUT2D eigenvalue weighted by Crippen LogP contribution is 2.51. The molecule has 5 nitrogen and oxygen atoms in total. The van der Waals surface area contributed by atoms with E-state index in [1.54, 1.807) is 0 Å². The number of benzene rings is 2. The molecule has 0 spiro atoms. The average molecular weight is 400 g/mol. The monoisotopic (exact) mass is 400 g/mol. The number of para-hydroxylation sites is 1. The second kappa shape index (κ2) is 6.36. The molecule has 2 atom stereocenters. The fourth-order valence-corrected chi connectivity index (χ4v) is 5.37. The lowest BCUT2D eigenvalue weighted by molar-refractivity contribution is 0.101. The van der Waals surface area contributed by atoms with Crippen molar-refractivity contribution in [1.29, 1.82) is 0 Å². The first-order valence-corrected chi connectivity index (χ1v) is 10.8. The van der Waals surface area contributed by atoms with Crippen molar-refractivity contribution >= 4 is 15.7 Å². The van der Waals surface area contributed by atoms with Crippen LogP contribution in [0, 0.1) is 5.41 Å². The van der Waals surface area contributed by atoms with Crippen molar-refractivity contribution in [2.45, 2.75) is 50.5 Å². The van der Waals surface area contributed by atoms with Gasteiger partial charge in [0, 0.05) is 5.92 Å². The number of aromatic hydroxyl groups is 1. The number of hydrogen-bond acceptors (Lipinski definition) is 4. The van der Waals surface area contributed by atoms with E-state index in [2.05, 4.69) is 26.0 Å². The summed E-state index contributed by atoms with van der Waals surface area (Å²) in [6.45, 7) is 6.16. The van der Waals surface area contributed by atoms with Crippen LogP contribution in [-0.4, -0.2) is 24.2 Å². The molecule has 4 rings (SSSR count). The molecule has 2 aliphatic rings. The molecule has 0 bridgehead atoms. The Labute approximate surface area is 165 Å². The minimum absolute atomic E-state index is 0.124. The van der Waals surface area contributed by atoms with Crippen LogP contribution in [0.15, 0.2) is 47.4 Å². The van der Waals surface area contributed by atoms with E-state index in [0.29, 0.717) is 0 Å². The van der Waals surface area contributed by atoms with Crippen molar-refractivity contribution in [3.8, 4) is 11.5 Å². The number of aryl methyl sites for hydroxylation is 1. The van der Waals surface area contributed by atoms with Crippen LogP contribution in [-0.2, 0) is 16.5 Å². The number of ether oxygens (including phenoxy) is 1. The third-order valence-electron chi connectivity index (χ3n) is 5.88. The minimum Gasteiger partial charge on any atom is -0.506 e. The van der Waals surface area contributed by atoms with E-state index < -0.39 is 20.8 Å². The van der Waals surface area contributed by atoms with E-state index in [1.165, 1.54) is 17.7 Å². The van der Waals surface area contributed by atoms with Gasteiger partial charge in [-0.25, -0.2) is 0 Å². The maximum absolute atomic E-state index is 11.8. The molecule has 0 saturated carbocycles. The van der Waals surface area contributed by atoms with E-state index in [1.807, 2.05) is 25.1 Å². The summed E-state index contributed by atoms with van der Waals surface area (Å²) >= 11 is 0. The van der Waals surface area contributed by atoms with Gasteiger partial charge in [-0.15, -0.1) is 0 Å². The van der Waals surface area contributed by atoms with Gasteiger partial charge < -0.3 is 9.84 Å². The maximum Gasteiger partial charge on any atom is 0.298 e. The summed E-state index contributed by atoms with van der Waals surface area (Å²) in [7, 11) is -4.53. The van der Waals surface area contributed by atoms with Crippen LogP contribution >= 0.6 is 0 Å². The van der Waals surface area contributed by atoms with Crippen LogP contribution in [0.2, 0.25) is 0 Å². The maximum atomic E-state index is 11.8. The van der Waals surface area contributed by atoms with Crippen LogP contribution in [0.25, 0.3) is 5.57 Å². The van der Waals surface area contributed by atoms with Gasteiger partial charge in [0.25, 0.3) is 10.1 Å². The van der Waals surface area contributed by atoms with Gasteiger partial charge in [0.1, 0.15) is 22.5 Å². The minimum atomic E-state index is -4.53. The second-order valence-corrected chi connectivity index (χ2v) is 9.70. The van der Waals surface area contributed by atoms with Gasteiger partial charge in [-0.2, -0.15) is 8.42 Å². The van der Waals surface area contributed by atoms with Crippen molar-refractivity contribution < 1.29 is 22.8 Å². The molecule has 1 aliphatic carbocycles. The molecular weight excluding hydrogens is 376 g/mol. The molecule has 1 heterocycles. The zero-order chi connectivity index (χ0) is 20.3. The zero-order valence-electron chi connectivity index (χ0n) is 16.1. The number of phenolic OH excluding ortho intramolecular Hbond substituents is 1. The number of hydrogen-bond donors (Lipinski definition) is 2. The van der Waals surface area contributed by atoms with Gasteiger partial charge in [-0.3, -0.25) is 4.55 Å². The molecule has 6 heteroatoms. The molecule has 1 aliphatic heterocycles. The Kier molecular flexibility index (Phi) is 4.32. The molecular formula is C22H24O5S. The van der Waals surface area contributed by atoms with Crippen molar-refractivity contribution in [3.05, 3.63) is 59.2 Å². The Morgan fingerprint density at radius 2 is 1.89 bits per heavy atom. The molecule has 2 unspecified atom stereocenters. The van der Waals surface area contributed by atoms with E-state index in [-0.39, 0.29) is 17.4 Å². The predicted molar refractivity (Wildman–Crippen MR) is 107 cm³/mol. The number of phenols is 1. The highest BCUT2D eigenvalue weighted by Gasteiger charge is 2.43. The zero-order valence-corrected chi connectivity index (χ0v) is 17.0. The quantitative estimate of drug-likeness (QED) is 0.722. The van der Waals surface area contributed by atoms with Gasteiger partial charge in [0.2, 0.25) is 0 Å². The van der Waals surface area contributed by atoms with Gasteiger partial charge in [-0.1, -0.05) is 38.1 Å². The Morgan fingerprint density at radius 1 is 1.18 bits per heavy atom. The van der Waals surface area contributed by atoms with Crippen LogP contribution in [0.3, 0.4) is 0 Å². The summed E-state index contributed by atoms with van der Waals surface area (Å²) in [4.78, 5) is -0.460. The number of fused-ring (bicyclic) bond motifs is 2. The molecule has 0 radical (unpaired) electrons. The van der Waals surface area contributed by atoms with E-state index >= 15 is 0 Å². The summed E-state index contributed by atoms with van der Waals surface area (Å²) < 4.78 is 39.5. The SMILES string of the molecule is CC1=CC(C)(C)C(C2CCc3ccccc3O2)c2cc(S(=O)(=O)O)c(O)cc21. The predicted octanol–water partition coefficient (Wildman–Crippen LogP) is 4.56. The normalized spacial score (nSPS) is 23.2. The number of rotatable bonds is 2. The molecule has 0 amide bonds. The van der Waals surface area contributed by atoms with Crippen LogP contribution in [0.5, 0.6) is 11.5 Å².